The molecule has 0 aliphatic rings. The van der Waals surface area contributed by atoms with Gasteiger partial charge in [0.2, 0.25) is 10.0 Å². The molecule has 1 aromatic carbocycles. The third-order valence-corrected chi connectivity index (χ3v) is 4.25. The van der Waals surface area contributed by atoms with E-state index in [1.54, 1.807) is 6.07 Å². The zero-order chi connectivity index (χ0) is 14.5. The van der Waals surface area contributed by atoms with Crippen molar-refractivity contribution in [3.8, 4) is 0 Å². The summed E-state index contributed by atoms with van der Waals surface area (Å²) in [7, 11) is -3.37. The maximum atomic E-state index is 11.9. The number of nitrogens with one attached hydrogen (secondary N) is 1. The van der Waals surface area contributed by atoms with Gasteiger partial charge in [0, 0.05) is 4.47 Å². The van der Waals surface area contributed by atoms with Crippen LogP contribution in [0.1, 0.15) is 26.3 Å². The van der Waals surface area contributed by atoms with E-state index < -0.39 is 10.0 Å². The van der Waals surface area contributed by atoms with Crippen molar-refractivity contribution in [3.05, 3.63) is 28.2 Å². The molecule has 0 aliphatic carbocycles. The van der Waals surface area contributed by atoms with Crippen molar-refractivity contribution < 1.29 is 13.2 Å². The summed E-state index contributed by atoms with van der Waals surface area (Å²) in [5, 5.41) is 0. The van der Waals surface area contributed by atoms with Gasteiger partial charge in [-0.05, 0) is 44.0 Å². The van der Waals surface area contributed by atoms with E-state index in [1.807, 2.05) is 32.9 Å². The Balaban J connectivity index is 2.72. The van der Waals surface area contributed by atoms with Crippen LogP contribution >= 0.6 is 15.9 Å². The van der Waals surface area contributed by atoms with E-state index in [0.717, 1.165) is 16.5 Å². The second-order valence-corrected chi connectivity index (χ2v) is 7.25. The molecule has 0 spiro atoms. The van der Waals surface area contributed by atoms with Crippen molar-refractivity contribution in [1.82, 2.24) is 0 Å². The minimum absolute atomic E-state index is 0.0362. The standard InChI is InChI=1S/C13H20BrNO3S/c1-4-11-9-12(14)5-6-13(11)15-19(16,17)8-7-18-10(2)3/h5-6,9-10,15H,4,7-8H2,1-3H3. The van der Waals surface area contributed by atoms with Gasteiger partial charge < -0.3 is 4.74 Å². The molecule has 0 saturated carbocycles. The highest BCUT2D eigenvalue weighted by molar-refractivity contribution is 9.10. The Hall–Kier alpha value is -0.590. The molecule has 1 rings (SSSR count). The van der Waals surface area contributed by atoms with Gasteiger partial charge >= 0.3 is 0 Å². The Kier molecular flexibility index (Phi) is 6.29. The van der Waals surface area contributed by atoms with E-state index in [-0.39, 0.29) is 18.5 Å². The number of benzene rings is 1. The number of ether oxygens (including phenoxy) is 1. The normalized spacial score (nSPS) is 11.8. The molecule has 1 N–H and O–H groups in total. The van der Waals surface area contributed by atoms with E-state index in [4.69, 9.17) is 4.74 Å². The maximum Gasteiger partial charge on any atom is 0.235 e. The highest BCUT2D eigenvalue weighted by atomic mass is 79.9. The number of halogens is 1. The van der Waals surface area contributed by atoms with Crippen molar-refractivity contribution in [2.24, 2.45) is 0 Å². The first-order valence-electron chi connectivity index (χ1n) is 6.24. The second kappa shape index (κ2) is 7.26. The SMILES string of the molecule is CCc1cc(Br)ccc1NS(=O)(=O)CCOC(C)C. The summed E-state index contributed by atoms with van der Waals surface area (Å²) in [4.78, 5) is 0. The Bertz CT molecular complexity index is 515. The predicted octanol–water partition coefficient (Wildman–Crippen LogP) is 3.18. The monoisotopic (exact) mass is 349 g/mol. The summed E-state index contributed by atoms with van der Waals surface area (Å²) >= 11 is 3.38. The van der Waals surface area contributed by atoms with Gasteiger partial charge in [0.15, 0.2) is 0 Å². The topological polar surface area (TPSA) is 55.4 Å². The fraction of sp³-hybridized carbons (Fsp3) is 0.538. The fourth-order valence-electron chi connectivity index (χ4n) is 1.57. The summed E-state index contributed by atoms with van der Waals surface area (Å²) in [5.41, 5.74) is 1.60. The number of sulfonamides is 1. The molecule has 1 aromatic rings. The Labute approximate surface area is 123 Å². The van der Waals surface area contributed by atoms with Gasteiger partial charge in [0.05, 0.1) is 24.2 Å². The molecule has 4 nitrogen and oxygen atoms in total. The average molecular weight is 350 g/mol. The molecule has 0 unspecified atom stereocenters. The molecule has 0 bridgehead atoms. The molecule has 0 atom stereocenters. The minimum atomic E-state index is -3.37. The Morgan fingerprint density at radius 2 is 2.05 bits per heavy atom. The number of hydrogen-bond acceptors (Lipinski definition) is 3. The van der Waals surface area contributed by atoms with Crippen LogP contribution in [0, 0.1) is 0 Å². The van der Waals surface area contributed by atoms with Crippen LogP contribution in [0.5, 0.6) is 0 Å². The summed E-state index contributed by atoms with van der Waals surface area (Å²) in [6, 6.07) is 5.51. The summed E-state index contributed by atoms with van der Waals surface area (Å²) in [5.74, 6) is -0.0373. The van der Waals surface area contributed by atoms with Crippen molar-refractivity contribution >= 4 is 31.6 Å². The van der Waals surface area contributed by atoms with E-state index in [1.165, 1.54) is 0 Å². The van der Waals surface area contributed by atoms with Crippen molar-refractivity contribution in [3.63, 3.8) is 0 Å². The van der Waals surface area contributed by atoms with Crippen molar-refractivity contribution in [2.45, 2.75) is 33.3 Å². The van der Waals surface area contributed by atoms with Crippen LogP contribution in [0.15, 0.2) is 22.7 Å². The molecule has 108 valence electrons. The summed E-state index contributed by atoms with van der Waals surface area (Å²) in [6.07, 6.45) is 0.800. The minimum Gasteiger partial charge on any atom is -0.378 e. The first-order chi connectivity index (χ1) is 8.84. The number of rotatable bonds is 7. The van der Waals surface area contributed by atoms with Crippen LogP contribution in [-0.4, -0.2) is 26.9 Å². The Morgan fingerprint density at radius 3 is 2.63 bits per heavy atom. The molecule has 6 heteroatoms. The third kappa shape index (κ3) is 5.93. The highest BCUT2D eigenvalue weighted by Crippen LogP contribution is 2.22. The average Bonchev–Trinajstić information content (AvgIpc) is 2.30. The number of anilines is 1. The van der Waals surface area contributed by atoms with Gasteiger partial charge in [-0.25, -0.2) is 8.42 Å². The molecule has 0 aliphatic heterocycles. The largest absolute Gasteiger partial charge is 0.378 e. The van der Waals surface area contributed by atoms with E-state index in [2.05, 4.69) is 20.7 Å². The fourth-order valence-corrected chi connectivity index (χ4v) is 2.93. The molecule has 0 amide bonds. The van der Waals surface area contributed by atoms with Crippen LogP contribution in [-0.2, 0) is 21.2 Å². The molecule has 0 aromatic heterocycles. The molecule has 0 radical (unpaired) electrons. The van der Waals surface area contributed by atoms with Gasteiger partial charge in [-0.2, -0.15) is 0 Å². The van der Waals surface area contributed by atoms with Gasteiger partial charge in [-0.15, -0.1) is 0 Å². The predicted molar refractivity (Wildman–Crippen MR) is 82.0 cm³/mol. The Morgan fingerprint density at radius 1 is 1.37 bits per heavy atom. The lowest BCUT2D eigenvalue weighted by Crippen LogP contribution is -2.22. The lowest BCUT2D eigenvalue weighted by Gasteiger charge is -2.13. The smallest absolute Gasteiger partial charge is 0.235 e. The van der Waals surface area contributed by atoms with Crippen LogP contribution in [0.25, 0.3) is 0 Å². The first-order valence-corrected chi connectivity index (χ1v) is 8.69. The molecular weight excluding hydrogens is 330 g/mol. The van der Waals surface area contributed by atoms with E-state index in [9.17, 15) is 8.42 Å². The van der Waals surface area contributed by atoms with E-state index in [0.29, 0.717) is 5.69 Å². The van der Waals surface area contributed by atoms with Crippen molar-refractivity contribution in [1.29, 1.82) is 0 Å². The van der Waals surface area contributed by atoms with Gasteiger partial charge in [-0.3, -0.25) is 4.72 Å². The maximum absolute atomic E-state index is 11.9. The third-order valence-electron chi connectivity index (χ3n) is 2.52. The lowest BCUT2D eigenvalue weighted by atomic mass is 10.1. The molecular formula is C13H20BrNO3S. The van der Waals surface area contributed by atoms with Gasteiger partial charge in [0.25, 0.3) is 0 Å². The zero-order valence-corrected chi connectivity index (χ0v) is 13.8. The zero-order valence-electron chi connectivity index (χ0n) is 11.4. The molecule has 0 saturated heterocycles. The van der Waals surface area contributed by atoms with Crippen LogP contribution in [0.2, 0.25) is 0 Å². The van der Waals surface area contributed by atoms with Gasteiger partial charge in [-0.1, -0.05) is 22.9 Å². The van der Waals surface area contributed by atoms with Crippen LogP contribution in [0.3, 0.4) is 0 Å². The number of hydrogen-bond donors (Lipinski definition) is 1. The summed E-state index contributed by atoms with van der Waals surface area (Å²) < 4.78 is 32.7. The van der Waals surface area contributed by atoms with Crippen LogP contribution in [0.4, 0.5) is 5.69 Å². The number of aryl methyl sites for hydroxylation is 1. The van der Waals surface area contributed by atoms with Crippen LogP contribution < -0.4 is 4.72 Å². The molecule has 19 heavy (non-hydrogen) atoms. The summed E-state index contributed by atoms with van der Waals surface area (Å²) in [6.45, 7) is 5.94. The molecule has 0 fully saturated rings. The lowest BCUT2D eigenvalue weighted by molar-refractivity contribution is 0.0913. The second-order valence-electron chi connectivity index (χ2n) is 4.50. The first kappa shape index (κ1) is 16.5. The van der Waals surface area contributed by atoms with Crippen molar-refractivity contribution in [2.75, 3.05) is 17.1 Å². The van der Waals surface area contributed by atoms with E-state index >= 15 is 0 Å². The highest BCUT2D eigenvalue weighted by Gasteiger charge is 2.13. The molecule has 0 heterocycles. The quantitative estimate of drug-likeness (QED) is 0.822. The van der Waals surface area contributed by atoms with Gasteiger partial charge in [0.1, 0.15) is 0 Å².